The molecule has 0 bridgehead atoms. The summed E-state index contributed by atoms with van der Waals surface area (Å²) in [6, 6.07) is 26.5. The number of benzene rings is 3. The highest BCUT2D eigenvalue weighted by Crippen LogP contribution is 2.21. The summed E-state index contributed by atoms with van der Waals surface area (Å²) in [7, 11) is 5.57. The van der Waals surface area contributed by atoms with Crippen LogP contribution in [0.2, 0.25) is 0 Å². The van der Waals surface area contributed by atoms with E-state index >= 15 is 0 Å². The van der Waals surface area contributed by atoms with Gasteiger partial charge in [-0.05, 0) is 42.9 Å². The molecular formula is C27H32N4O2. The molecule has 3 amide bonds. The van der Waals surface area contributed by atoms with E-state index in [2.05, 4.69) is 10.6 Å². The van der Waals surface area contributed by atoms with Gasteiger partial charge >= 0.3 is 6.03 Å². The molecule has 1 atom stereocenters. The Morgan fingerprint density at radius 3 is 1.97 bits per heavy atom. The van der Waals surface area contributed by atoms with Crippen LogP contribution < -0.4 is 10.6 Å². The second kappa shape index (κ2) is 11.8. The van der Waals surface area contributed by atoms with Gasteiger partial charge in [-0.25, -0.2) is 4.79 Å². The summed E-state index contributed by atoms with van der Waals surface area (Å²) in [6.45, 7) is 1.25. The Balaban J connectivity index is 1.69. The molecule has 0 saturated heterocycles. The van der Waals surface area contributed by atoms with Gasteiger partial charge in [0.15, 0.2) is 0 Å². The molecule has 0 heterocycles. The monoisotopic (exact) mass is 444 g/mol. The number of carbonyl (C=O) groups excluding carboxylic acids is 2. The van der Waals surface area contributed by atoms with Crippen LogP contribution in [0.15, 0.2) is 84.9 Å². The average molecular weight is 445 g/mol. The van der Waals surface area contributed by atoms with Crippen molar-refractivity contribution in [2.24, 2.45) is 0 Å². The summed E-state index contributed by atoms with van der Waals surface area (Å²) >= 11 is 0. The third kappa shape index (κ3) is 7.19. The summed E-state index contributed by atoms with van der Waals surface area (Å²) in [5.41, 5.74) is 3.86. The lowest BCUT2D eigenvalue weighted by Crippen LogP contribution is -2.51. The maximum absolute atomic E-state index is 13.0. The van der Waals surface area contributed by atoms with Gasteiger partial charge in [-0.3, -0.25) is 4.79 Å². The van der Waals surface area contributed by atoms with Crippen LogP contribution in [-0.4, -0.2) is 62.0 Å². The van der Waals surface area contributed by atoms with E-state index in [0.29, 0.717) is 18.7 Å². The van der Waals surface area contributed by atoms with Crippen molar-refractivity contribution in [2.45, 2.75) is 12.5 Å². The second-order valence-electron chi connectivity index (χ2n) is 8.28. The molecule has 2 N–H and O–H groups in total. The van der Waals surface area contributed by atoms with Gasteiger partial charge in [0.25, 0.3) is 0 Å². The minimum absolute atomic E-state index is 0.169. The fraction of sp³-hybridized carbons (Fsp3) is 0.259. The number of rotatable bonds is 9. The molecule has 0 aliphatic carbocycles. The van der Waals surface area contributed by atoms with Crippen molar-refractivity contribution in [1.29, 1.82) is 0 Å². The second-order valence-corrected chi connectivity index (χ2v) is 8.28. The van der Waals surface area contributed by atoms with Crippen LogP contribution in [0.25, 0.3) is 11.1 Å². The van der Waals surface area contributed by atoms with Crippen LogP contribution in [-0.2, 0) is 11.2 Å². The summed E-state index contributed by atoms with van der Waals surface area (Å²) < 4.78 is 0. The van der Waals surface area contributed by atoms with Crippen LogP contribution in [0, 0.1) is 0 Å². The smallest absolute Gasteiger partial charge is 0.322 e. The minimum Gasteiger partial charge on any atom is -0.353 e. The molecule has 172 valence electrons. The zero-order chi connectivity index (χ0) is 23.6. The molecule has 0 unspecified atom stereocenters. The third-order valence-electron chi connectivity index (χ3n) is 5.46. The molecule has 0 aliphatic rings. The van der Waals surface area contributed by atoms with E-state index in [4.69, 9.17) is 0 Å². The highest BCUT2D eigenvalue weighted by Gasteiger charge is 2.27. The van der Waals surface area contributed by atoms with Crippen LogP contribution >= 0.6 is 0 Å². The largest absolute Gasteiger partial charge is 0.353 e. The van der Waals surface area contributed by atoms with Gasteiger partial charge in [0.05, 0.1) is 0 Å². The molecule has 3 aromatic carbocycles. The third-order valence-corrected chi connectivity index (χ3v) is 5.46. The van der Waals surface area contributed by atoms with Gasteiger partial charge in [0, 0.05) is 32.2 Å². The predicted molar refractivity (Wildman–Crippen MR) is 134 cm³/mol. The zero-order valence-corrected chi connectivity index (χ0v) is 19.5. The highest BCUT2D eigenvalue weighted by atomic mass is 16.2. The van der Waals surface area contributed by atoms with Crippen molar-refractivity contribution in [3.63, 3.8) is 0 Å². The Morgan fingerprint density at radius 1 is 0.788 bits per heavy atom. The lowest BCUT2D eigenvalue weighted by molar-refractivity contribution is -0.125. The van der Waals surface area contributed by atoms with Gasteiger partial charge in [0.1, 0.15) is 6.04 Å². The van der Waals surface area contributed by atoms with E-state index < -0.39 is 6.04 Å². The molecule has 6 nitrogen and oxygen atoms in total. The lowest BCUT2D eigenvalue weighted by Gasteiger charge is -2.28. The molecule has 0 radical (unpaired) electrons. The SMILES string of the molecule is CN(C)CCNC(=O)[C@H](Cc1ccccc1)N(C)C(=O)Nc1ccc(-c2ccccc2)cc1. The Morgan fingerprint density at radius 2 is 1.36 bits per heavy atom. The fourth-order valence-electron chi connectivity index (χ4n) is 3.49. The summed E-state index contributed by atoms with van der Waals surface area (Å²) in [4.78, 5) is 29.5. The maximum Gasteiger partial charge on any atom is 0.322 e. The number of anilines is 1. The molecular weight excluding hydrogens is 412 g/mol. The molecule has 0 aromatic heterocycles. The van der Waals surface area contributed by atoms with Crippen LogP contribution in [0.4, 0.5) is 10.5 Å². The Bertz CT molecular complexity index is 1020. The van der Waals surface area contributed by atoms with Crippen molar-refractivity contribution in [3.05, 3.63) is 90.5 Å². The van der Waals surface area contributed by atoms with E-state index in [-0.39, 0.29) is 11.9 Å². The minimum atomic E-state index is -0.627. The summed E-state index contributed by atoms with van der Waals surface area (Å²) in [6.07, 6.45) is 0.436. The van der Waals surface area contributed by atoms with Gasteiger partial charge < -0.3 is 20.4 Å². The molecule has 3 aromatic rings. The van der Waals surface area contributed by atoms with Gasteiger partial charge in [-0.15, -0.1) is 0 Å². The fourth-order valence-corrected chi connectivity index (χ4v) is 3.49. The standard InChI is InChI=1S/C27H32N4O2/c1-30(2)19-18-28-26(32)25(20-21-10-6-4-7-11-21)31(3)27(33)29-24-16-14-23(15-17-24)22-12-8-5-9-13-22/h4-17,25H,18-20H2,1-3H3,(H,28,32)(H,29,33)/t25-/m0/s1. The first-order valence-corrected chi connectivity index (χ1v) is 11.1. The summed E-state index contributed by atoms with van der Waals surface area (Å²) in [5, 5.41) is 5.87. The number of hydrogen-bond donors (Lipinski definition) is 2. The van der Waals surface area contributed by atoms with Crippen molar-refractivity contribution >= 4 is 17.6 Å². The van der Waals surface area contributed by atoms with E-state index in [9.17, 15) is 9.59 Å². The van der Waals surface area contributed by atoms with Crippen molar-refractivity contribution < 1.29 is 9.59 Å². The number of amides is 3. The van der Waals surface area contributed by atoms with Crippen molar-refractivity contribution in [3.8, 4) is 11.1 Å². The van der Waals surface area contributed by atoms with Crippen LogP contribution in [0.5, 0.6) is 0 Å². The van der Waals surface area contributed by atoms with Crippen LogP contribution in [0.3, 0.4) is 0 Å². The first kappa shape index (κ1) is 24.0. The quantitative estimate of drug-likeness (QED) is 0.522. The Labute approximate surface area is 196 Å². The lowest BCUT2D eigenvalue weighted by atomic mass is 10.0. The number of hydrogen-bond acceptors (Lipinski definition) is 3. The molecule has 0 aliphatic heterocycles. The Kier molecular flexibility index (Phi) is 8.61. The molecule has 3 rings (SSSR count). The summed E-state index contributed by atoms with van der Waals surface area (Å²) in [5.74, 6) is -0.169. The maximum atomic E-state index is 13.0. The number of carbonyl (C=O) groups is 2. The first-order valence-electron chi connectivity index (χ1n) is 11.1. The molecule has 0 spiro atoms. The number of nitrogens with one attached hydrogen (secondary N) is 2. The van der Waals surface area contributed by atoms with E-state index in [1.54, 1.807) is 7.05 Å². The topological polar surface area (TPSA) is 64.7 Å². The van der Waals surface area contributed by atoms with Gasteiger partial charge in [0.2, 0.25) is 5.91 Å². The van der Waals surface area contributed by atoms with Crippen molar-refractivity contribution in [2.75, 3.05) is 39.5 Å². The zero-order valence-electron chi connectivity index (χ0n) is 19.5. The number of nitrogens with zero attached hydrogens (tertiary/aromatic N) is 2. The predicted octanol–water partition coefficient (Wildman–Crippen LogP) is 4.11. The highest BCUT2D eigenvalue weighted by molar-refractivity contribution is 5.94. The number of urea groups is 1. The van der Waals surface area contributed by atoms with Crippen LogP contribution in [0.1, 0.15) is 5.56 Å². The molecule has 0 saturated carbocycles. The van der Waals surface area contributed by atoms with E-state index in [0.717, 1.165) is 23.2 Å². The molecule has 6 heteroatoms. The number of likely N-dealkylation sites (N-methyl/N-ethyl adjacent to an activating group) is 2. The van der Waals surface area contributed by atoms with Gasteiger partial charge in [-0.1, -0.05) is 72.8 Å². The van der Waals surface area contributed by atoms with Gasteiger partial charge in [-0.2, -0.15) is 0 Å². The van der Waals surface area contributed by atoms with E-state index in [1.165, 1.54) is 4.90 Å². The first-order chi connectivity index (χ1) is 15.9. The van der Waals surface area contributed by atoms with Crippen molar-refractivity contribution in [1.82, 2.24) is 15.1 Å². The molecule has 0 fully saturated rings. The Hall–Kier alpha value is -3.64. The average Bonchev–Trinajstić information content (AvgIpc) is 2.83. The molecule has 33 heavy (non-hydrogen) atoms. The normalized spacial score (nSPS) is 11.6. The van der Waals surface area contributed by atoms with E-state index in [1.807, 2.05) is 104 Å².